The van der Waals surface area contributed by atoms with Crippen LogP contribution in [0.15, 0.2) is 24.3 Å². The van der Waals surface area contributed by atoms with Gasteiger partial charge < -0.3 is 10.0 Å². The number of nitrogens with zero attached hydrogens (tertiary/aromatic N) is 2. The summed E-state index contributed by atoms with van der Waals surface area (Å²) < 4.78 is 74.4. The van der Waals surface area contributed by atoms with Crippen LogP contribution in [-0.4, -0.2) is 55.0 Å². The first-order chi connectivity index (χ1) is 10.6. The topological polar surface area (TPSA) is 26.7 Å². The minimum absolute atomic E-state index is 0.300. The van der Waals surface area contributed by atoms with Gasteiger partial charge in [-0.2, -0.15) is 26.3 Å². The molecular formula is C14H16F6N2O. The van der Waals surface area contributed by atoms with Crippen LogP contribution in [0.5, 0.6) is 0 Å². The summed E-state index contributed by atoms with van der Waals surface area (Å²) in [7, 11) is 0. The van der Waals surface area contributed by atoms with Gasteiger partial charge in [-0.25, -0.2) is 0 Å². The molecule has 3 nitrogen and oxygen atoms in total. The van der Waals surface area contributed by atoms with Gasteiger partial charge in [0.15, 0.2) is 6.10 Å². The smallest absolute Gasteiger partial charge is 0.382 e. The summed E-state index contributed by atoms with van der Waals surface area (Å²) in [6.45, 7) is 0.874. The lowest BCUT2D eigenvalue weighted by molar-refractivity contribution is -0.208. The van der Waals surface area contributed by atoms with E-state index >= 15 is 0 Å². The molecule has 1 aromatic rings. The second-order valence-corrected chi connectivity index (χ2v) is 5.39. The SMILES string of the molecule is OC(CN1CCN(c2ccc(C(F)(F)F)cc2)CC1)C(F)(F)F. The summed E-state index contributed by atoms with van der Waals surface area (Å²) in [5, 5.41) is 9.04. The van der Waals surface area contributed by atoms with Crippen LogP contribution < -0.4 is 4.90 Å². The Morgan fingerprint density at radius 3 is 1.87 bits per heavy atom. The summed E-state index contributed by atoms with van der Waals surface area (Å²) >= 11 is 0. The number of alkyl halides is 6. The molecule has 1 atom stereocenters. The van der Waals surface area contributed by atoms with Crippen molar-refractivity contribution in [3.05, 3.63) is 29.8 Å². The van der Waals surface area contributed by atoms with Crippen molar-refractivity contribution in [2.24, 2.45) is 0 Å². The Hall–Kier alpha value is -1.48. The molecule has 1 heterocycles. The van der Waals surface area contributed by atoms with Crippen LogP contribution in [0.2, 0.25) is 0 Å². The maximum Gasteiger partial charge on any atom is 0.416 e. The third-order valence-corrected chi connectivity index (χ3v) is 3.74. The molecular weight excluding hydrogens is 326 g/mol. The van der Waals surface area contributed by atoms with Gasteiger partial charge in [-0.05, 0) is 24.3 Å². The zero-order valence-corrected chi connectivity index (χ0v) is 12.0. The van der Waals surface area contributed by atoms with E-state index in [-0.39, 0.29) is 0 Å². The number of aliphatic hydroxyl groups excluding tert-OH is 1. The number of piperazine rings is 1. The van der Waals surface area contributed by atoms with E-state index in [1.807, 2.05) is 0 Å². The van der Waals surface area contributed by atoms with E-state index in [1.165, 1.54) is 17.0 Å². The largest absolute Gasteiger partial charge is 0.416 e. The fourth-order valence-electron chi connectivity index (χ4n) is 2.40. The van der Waals surface area contributed by atoms with Crippen molar-refractivity contribution in [2.75, 3.05) is 37.6 Å². The quantitative estimate of drug-likeness (QED) is 0.856. The second-order valence-electron chi connectivity index (χ2n) is 5.39. The van der Waals surface area contributed by atoms with Crippen molar-refractivity contribution in [1.82, 2.24) is 4.90 Å². The van der Waals surface area contributed by atoms with Crippen molar-refractivity contribution in [1.29, 1.82) is 0 Å². The number of hydrogen-bond acceptors (Lipinski definition) is 3. The highest BCUT2D eigenvalue weighted by Gasteiger charge is 2.39. The van der Waals surface area contributed by atoms with Gasteiger partial charge in [-0.15, -0.1) is 0 Å². The molecule has 1 unspecified atom stereocenters. The summed E-state index contributed by atoms with van der Waals surface area (Å²) in [5.41, 5.74) is -0.151. The average molecular weight is 342 g/mol. The maximum absolute atomic E-state index is 12.5. The first-order valence-corrected chi connectivity index (χ1v) is 6.97. The van der Waals surface area contributed by atoms with Crippen molar-refractivity contribution < 1.29 is 31.4 Å². The van der Waals surface area contributed by atoms with Crippen LogP contribution in [0.4, 0.5) is 32.0 Å². The molecule has 1 aromatic carbocycles. The summed E-state index contributed by atoms with van der Waals surface area (Å²) in [5.74, 6) is 0. The summed E-state index contributed by atoms with van der Waals surface area (Å²) in [6, 6.07) is 4.66. The zero-order chi connectivity index (χ0) is 17.3. The van der Waals surface area contributed by atoms with Gasteiger partial charge in [0.25, 0.3) is 0 Å². The lowest BCUT2D eigenvalue weighted by atomic mass is 10.1. The Kier molecular flexibility index (Phi) is 5.10. The van der Waals surface area contributed by atoms with E-state index in [2.05, 4.69) is 0 Å². The molecule has 23 heavy (non-hydrogen) atoms. The zero-order valence-electron chi connectivity index (χ0n) is 12.0. The Bertz CT molecular complexity index is 505. The molecule has 1 N–H and O–H groups in total. The summed E-state index contributed by atoms with van der Waals surface area (Å²) in [6.07, 6.45) is -11.4. The van der Waals surface area contributed by atoms with Crippen LogP contribution in [0.3, 0.4) is 0 Å². The third-order valence-electron chi connectivity index (χ3n) is 3.74. The fraction of sp³-hybridized carbons (Fsp3) is 0.571. The molecule has 0 aliphatic carbocycles. The number of benzene rings is 1. The molecule has 0 radical (unpaired) electrons. The van der Waals surface area contributed by atoms with Crippen molar-refractivity contribution in [3.63, 3.8) is 0 Å². The van der Waals surface area contributed by atoms with Crippen molar-refractivity contribution >= 4 is 5.69 Å². The highest BCUT2D eigenvalue weighted by Crippen LogP contribution is 2.30. The third kappa shape index (κ3) is 4.74. The van der Waals surface area contributed by atoms with E-state index in [4.69, 9.17) is 5.11 Å². The van der Waals surface area contributed by atoms with E-state index < -0.39 is 30.6 Å². The van der Waals surface area contributed by atoms with Crippen molar-refractivity contribution in [3.8, 4) is 0 Å². The van der Waals surface area contributed by atoms with Gasteiger partial charge >= 0.3 is 12.4 Å². The predicted octanol–water partition coefficient (Wildman–Crippen LogP) is 2.75. The van der Waals surface area contributed by atoms with E-state index in [1.54, 1.807) is 4.90 Å². The minimum Gasteiger partial charge on any atom is -0.382 e. The highest BCUT2D eigenvalue weighted by atomic mass is 19.4. The maximum atomic E-state index is 12.5. The molecule has 1 aliphatic rings. The van der Waals surface area contributed by atoms with E-state index in [9.17, 15) is 26.3 Å². The Balaban J connectivity index is 1.89. The highest BCUT2D eigenvalue weighted by molar-refractivity contribution is 5.48. The number of anilines is 1. The van der Waals surface area contributed by atoms with Gasteiger partial charge in [0.1, 0.15) is 0 Å². The Morgan fingerprint density at radius 1 is 0.913 bits per heavy atom. The number of aliphatic hydroxyl groups is 1. The van der Waals surface area contributed by atoms with Crippen LogP contribution >= 0.6 is 0 Å². The number of rotatable bonds is 3. The van der Waals surface area contributed by atoms with Crippen LogP contribution in [0.25, 0.3) is 0 Å². The van der Waals surface area contributed by atoms with Crippen LogP contribution in [-0.2, 0) is 6.18 Å². The van der Waals surface area contributed by atoms with E-state index in [0.717, 1.165) is 12.1 Å². The molecule has 1 fully saturated rings. The second kappa shape index (κ2) is 6.56. The summed E-state index contributed by atoms with van der Waals surface area (Å²) in [4.78, 5) is 3.29. The normalized spacial score (nSPS) is 19.0. The van der Waals surface area contributed by atoms with Crippen LogP contribution in [0, 0.1) is 0 Å². The van der Waals surface area contributed by atoms with Gasteiger partial charge in [0.05, 0.1) is 5.56 Å². The standard InChI is InChI=1S/C14H16F6N2O/c15-13(16,17)10-1-3-11(4-2-10)22-7-5-21(6-8-22)9-12(23)14(18,19)20/h1-4,12,23H,5-9H2. The lowest BCUT2D eigenvalue weighted by Gasteiger charge is -2.37. The molecule has 0 saturated carbocycles. The monoisotopic (exact) mass is 342 g/mol. The molecule has 1 saturated heterocycles. The number of β-amino-alcohol motifs (C(OH)–C–C–N with tert-alkyl or cyclic N) is 1. The average Bonchev–Trinajstić information content (AvgIpc) is 2.46. The van der Waals surface area contributed by atoms with Gasteiger partial charge in [-0.3, -0.25) is 4.90 Å². The molecule has 0 spiro atoms. The molecule has 130 valence electrons. The first kappa shape index (κ1) is 17.9. The molecule has 0 aromatic heterocycles. The number of halogens is 6. The van der Waals surface area contributed by atoms with Gasteiger partial charge in [0.2, 0.25) is 0 Å². The number of hydrogen-bond donors (Lipinski definition) is 1. The molecule has 1 aliphatic heterocycles. The fourth-order valence-corrected chi connectivity index (χ4v) is 2.40. The van der Waals surface area contributed by atoms with E-state index in [0.29, 0.717) is 31.9 Å². The van der Waals surface area contributed by atoms with Gasteiger partial charge in [0, 0.05) is 38.4 Å². The first-order valence-electron chi connectivity index (χ1n) is 6.97. The Labute approximate surface area is 129 Å². The molecule has 0 bridgehead atoms. The van der Waals surface area contributed by atoms with Crippen molar-refractivity contribution in [2.45, 2.75) is 18.5 Å². The minimum atomic E-state index is -4.65. The molecule has 2 rings (SSSR count). The Morgan fingerprint density at radius 2 is 1.43 bits per heavy atom. The van der Waals surface area contributed by atoms with Crippen LogP contribution in [0.1, 0.15) is 5.56 Å². The van der Waals surface area contributed by atoms with Gasteiger partial charge in [-0.1, -0.05) is 0 Å². The molecule has 0 amide bonds. The predicted molar refractivity (Wildman–Crippen MR) is 72.2 cm³/mol. The molecule has 9 heteroatoms. The lowest BCUT2D eigenvalue weighted by Crippen LogP contribution is -2.50.